The van der Waals surface area contributed by atoms with Crippen LogP contribution in [-0.4, -0.2) is 18.7 Å². The number of fused-ring (bicyclic) bond motifs is 5. The maximum Gasteiger partial charge on any atom is 0.155 e. The van der Waals surface area contributed by atoms with Gasteiger partial charge in [0, 0.05) is 12.3 Å². The van der Waals surface area contributed by atoms with E-state index in [1.54, 1.807) is 7.11 Å². The normalized spacial score (nSPS) is 37.5. The van der Waals surface area contributed by atoms with Gasteiger partial charge in [-0.1, -0.05) is 24.6 Å². The zero-order valence-corrected chi connectivity index (χ0v) is 20.7. The lowest BCUT2D eigenvalue weighted by Crippen LogP contribution is -2.52. The fourth-order valence-electron chi connectivity index (χ4n) is 8.91. The second-order valence-electron chi connectivity index (χ2n) is 11.7. The molecule has 0 amide bonds. The average Bonchev–Trinajstić information content (AvgIpc) is 3.19. The van der Waals surface area contributed by atoms with Crippen LogP contribution in [0.3, 0.4) is 0 Å². The molecule has 3 saturated carbocycles. The van der Waals surface area contributed by atoms with E-state index in [4.69, 9.17) is 4.74 Å². The summed E-state index contributed by atoms with van der Waals surface area (Å²) in [6.07, 6.45) is 14.1. The van der Waals surface area contributed by atoms with E-state index in [0.29, 0.717) is 23.4 Å². The van der Waals surface area contributed by atoms with Gasteiger partial charge in [-0.25, -0.2) is 0 Å². The van der Waals surface area contributed by atoms with Crippen LogP contribution in [0.1, 0.15) is 83.6 Å². The number of hydrogen-bond acceptors (Lipinski definition) is 3. The fourth-order valence-corrected chi connectivity index (χ4v) is 8.91. The smallest absolute Gasteiger partial charge is 0.155 e. The maximum absolute atomic E-state index is 12.8. The molecule has 1 aromatic rings. The molecule has 3 nitrogen and oxygen atoms in total. The fraction of sp³-hybridized carbons (Fsp3) is 0.667. The number of carbonyl (C=O) groups is 2. The standard InChI is InChI=1S/C30H40O3/c1-20(31)26-11-12-28-25-10-9-22-19-23(32)13-16-29(22,2)27(25)14-17-30(26,28)15-5-7-21-6-4-8-24(18-21)33-3/h4,6,8,18-19,25-28H,5,7,9-17H2,1-3H3/t25-,26-,27-,28+,29-,30-/m1/s1. The highest BCUT2D eigenvalue weighted by molar-refractivity contribution is 5.91. The molecule has 0 N–H and O–H groups in total. The maximum atomic E-state index is 12.8. The van der Waals surface area contributed by atoms with E-state index in [1.807, 2.05) is 19.1 Å². The van der Waals surface area contributed by atoms with Gasteiger partial charge < -0.3 is 4.74 Å². The number of benzene rings is 1. The first kappa shape index (κ1) is 22.9. The van der Waals surface area contributed by atoms with Crippen LogP contribution in [0.5, 0.6) is 5.75 Å². The van der Waals surface area contributed by atoms with E-state index in [0.717, 1.165) is 50.2 Å². The van der Waals surface area contributed by atoms with Gasteiger partial charge in [0.05, 0.1) is 7.11 Å². The SMILES string of the molecule is COc1cccc(CCC[C@]23CC[C@@H]4[C@@H](CCC5=CC(=O)CC[C@]54C)[C@@H]2CC[C@@H]3C(C)=O)c1. The monoisotopic (exact) mass is 448 g/mol. The van der Waals surface area contributed by atoms with Crippen molar-refractivity contribution in [2.75, 3.05) is 7.11 Å². The Bertz CT molecular complexity index is 961. The summed E-state index contributed by atoms with van der Waals surface area (Å²) in [4.78, 5) is 25.0. The van der Waals surface area contributed by atoms with Gasteiger partial charge in [0.15, 0.2) is 5.78 Å². The predicted octanol–water partition coefficient (Wildman–Crippen LogP) is 6.74. The first-order chi connectivity index (χ1) is 15.9. The first-order valence-corrected chi connectivity index (χ1v) is 13.2. The number of methoxy groups -OCH3 is 1. The molecule has 3 fully saturated rings. The second-order valence-corrected chi connectivity index (χ2v) is 11.7. The number of carbonyl (C=O) groups excluding carboxylic acids is 2. The summed E-state index contributed by atoms with van der Waals surface area (Å²) >= 11 is 0. The molecule has 0 bridgehead atoms. The number of Topliss-reactive ketones (excluding diaryl/α,β-unsaturated/α-hetero) is 1. The molecule has 0 aliphatic heterocycles. The van der Waals surface area contributed by atoms with Gasteiger partial charge in [0.1, 0.15) is 11.5 Å². The lowest BCUT2D eigenvalue weighted by atomic mass is 9.45. The lowest BCUT2D eigenvalue weighted by Gasteiger charge is -2.59. The molecular weight excluding hydrogens is 408 g/mol. The van der Waals surface area contributed by atoms with Gasteiger partial charge >= 0.3 is 0 Å². The van der Waals surface area contributed by atoms with Crippen LogP contribution in [0.25, 0.3) is 0 Å². The van der Waals surface area contributed by atoms with Gasteiger partial charge in [0.2, 0.25) is 0 Å². The Labute approximate surface area is 199 Å². The minimum Gasteiger partial charge on any atom is -0.497 e. The van der Waals surface area contributed by atoms with E-state index >= 15 is 0 Å². The third kappa shape index (κ3) is 3.80. The number of hydrogen-bond donors (Lipinski definition) is 0. The van der Waals surface area contributed by atoms with Crippen molar-refractivity contribution < 1.29 is 14.3 Å². The van der Waals surface area contributed by atoms with Crippen LogP contribution in [0.2, 0.25) is 0 Å². The van der Waals surface area contributed by atoms with Crippen molar-refractivity contribution in [3.05, 3.63) is 41.5 Å². The minimum absolute atomic E-state index is 0.188. The van der Waals surface area contributed by atoms with Crippen LogP contribution in [0, 0.1) is 34.5 Å². The Kier molecular flexibility index (Phi) is 6.04. The summed E-state index contributed by atoms with van der Waals surface area (Å²) in [5.74, 6) is 4.00. The summed E-state index contributed by atoms with van der Waals surface area (Å²) < 4.78 is 5.42. The highest BCUT2D eigenvalue weighted by atomic mass is 16.5. The van der Waals surface area contributed by atoms with E-state index < -0.39 is 0 Å². The molecule has 0 spiro atoms. The molecule has 178 valence electrons. The molecule has 0 radical (unpaired) electrons. The Morgan fingerprint density at radius 3 is 2.73 bits per heavy atom. The molecule has 0 aromatic heterocycles. The van der Waals surface area contributed by atoms with Crippen molar-refractivity contribution in [3.8, 4) is 5.75 Å². The van der Waals surface area contributed by atoms with Crippen molar-refractivity contribution in [1.29, 1.82) is 0 Å². The van der Waals surface area contributed by atoms with Crippen LogP contribution in [0.4, 0.5) is 0 Å². The van der Waals surface area contributed by atoms with Crippen LogP contribution >= 0.6 is 0 Å². The molecule has 4 aliphatic carbocycles. The number of ether oxygens (including phenoxy) is 1. The van der Waals surface area contributed by atoms with Crippen molar-refractivity contribution >= 4 is 11.6 Å². The molecule has 3 heteroatoms. The molecule has 6 atom stereocenters. The van der Waals surface area contributed by atoms with Gasteiger partial charge in [-0.05, 0) is 123 Å². The van der Waals surface area contributed by atoms with Gasteiger partial charge in [0.25, 0.3) is 0 Å². The quantitative estimate of drug-likeness (QED) is 0.484. The molecular formula is C30H40O3. The first-order valence-electron chi connectivity index (χ1n) is 13.2. The van der Waals surface area contributed by atoms with Crippen molar-refractivity contribution in [1.82, 2.24) is 0 Å². The van der Waals surface area contributed by atoms with Crippen LogP contribution < -0.4 is 4.74 Å². The summed E-state index contributed by atoms with van der Waals surface area (Å²) in [6, 6.07) is 8.44. The van der Waals surface area contributed by atoms with Gasteiger partial charge in [-0.15, -0.1) is 0 Å². The van der Waals surface area contributed by atoms with E-state index in [-0.39, 0.29) is 16.7 Å². The Morgan fingerprint density at radius 2 is 1.94 bits per heavy atom. The largest absolute Gasteiger partial charge is 0.497 e. The van der Waals surface area contributed by atoms with Crippen LogP contribution in [-0.2, 0) is 16.0 Å². The third-order valence-corrected chi connectivity index (χ3v) is 10.4. The lowest BCUT2D eigenvalue weighted by molar-refractivity contribution is -0.130. The van der Waals surface area contributed by atoms with Crippen molar-refractivity contribution in [2.45, 2.75) is 84.5 Å². The Hall–Kier alpha value is -1.90. The summed E-state index contributed by atoms with van der Waals surface area (Å²) in [6.45, 7) is 4.30. The molecule has 0 heterocycles. The zero-order chi connectivity index (χ0) is 23.2. The summed E-state index contributed by atoms with van der Waals surface area (Å²) in [7, 11) is 1.73. The van der Waals surface area contributed by atoms with E-state index in [9.17, 15) is 9.59 Å². The topological polar surface area (TPSA) is 43.4 Å². The molecule has 0 saturated heterocycles. The molecule has 1 aromatic carbocycles. The van der Waals surface area contributed by atoms with E-state index in [1.165, 1.54) is 43.2 Å². The zero-order valence-electron chi connectivity index (χ0n) is 20.7. The Balaban J connectivity index is 1.38. The predicted molar refractivity (Wildman–Crippen MR) is 131 cm³/mol. The average molecular weight is 449 g/mol. The van der Waals surface area contributed by atoms with E-state index in [2.05, 4.69) is 25.1 Å². The minimum atomic E-state index is 0.188. The molecule has 0 unspecified atom stereocenters. The Morgan fingerprint density at radius 1 is 1.09 bits per heavy atom. The van der Waals surface area contributed by atoms with Crippen LogP contribution in [0.15, 0.2) is 35.9 Å². The number of rotatable bonds is 6. The summed E-state index contributed by atoms with van der Waals surface area (Å²) in [5.41, 5.74) is 3.16. The highest BCUT2D eigenvalue weighted by Crippen LogP contribution is 2.68. The number of aryl methyl sites for hydroxylation is 1. The van der Waals surface area contributed by atoms with Gasteiger partial charge in [-0.2, -0.15) is 0 Å². The van der Waals surface area contributed by atoms with Gasteiger partial charge in [-0.3, -0.25) is 9.59 Å². The molecule has 4 aliphatic rings. The summed E-state index contributed by atoms with van der Waals surface area (Å²) in [5, 5.41) is 0. The molecule has 33 heavy (non-hydrogen) atoms. The highest BCUT2D eigenvalue weighted by Gasteiger charge is 2.61. The number of ketones is 2. The van der Waals surface area contributed by atoms with Crippen molar-refractivity contribution in [3.63, 3.8) is 0 Å². The van der Waals surface area contributed by atoms with Crippen molar-refractivity contribution in [2.24, 2.45) is 34.5 Å². The second kappa shape index (κ2) is 8.71. The third-order valence-electron chi connectivity index (χ3n) is 10.4. The number of allylic oxidation sites excluding steroid dienone is 1. The molecule has 5 rings (SSSR count).